The second-order valence-corrected chi connectivity index (χ2v) is 4.81. The average molecular weight is 273 g/mol. The lowest BCUT2D eigenvalue weighted by Crippen LogP contribution is -2.17. The molecule has 0 radical (unpaired) electrons. The summed E-state index contributed by atoms with van der Waals surface area (Å²) in [5.74, 6) is 0. The quantitative estimate of drug-likeness (QED) is 0.650. The Morgan fingerprint density at radius 2 is 2.00 bits per heavy atom. The summed E-state index contributed by atoms with van der Waals surface area (Å²) < 4.78 is 2.21. The summed E-state index contributed by atoms with van der Waals surface area (Å²) >= 11 is 0. The zero-order valence-electron chi connectivity index (χ0n) is 11.7. The smallest absolute Gasteiger partial charge is 0.269 e. The van der Waals surface area contributed by atoms with Crippen molar-refractivity contribution in [3.05, 3.63) is 64.0 Å². The first-order valence-electron chi connectivity index (χ1n) is 6.67. The van der Waals surface area contributed by atoms with Gasteiger partial charge in [-0.1, -0.05) is 12.1 Å². The van der Waals surface area contributed by atoms with Crippen LogP contribution in [0, 0.1) is 10.1 Å². The van der Waals surface area contributed by atoms with Crippen molar-refractivity contribution in [3.8, 4) is 0 Å². The van der Waals surface area contributed by atoms with Crippen LogP contribution in [-0.4, -0.2) is 16.5 Å². The lowest BCUT2D eigenvalue weighted by molar-refractivity contribution is -0.384. The van der Waals surface area contributed by atoms with E-state index in [9.17, 15) is 10.1 Å². The first-order chi connectivity index (χ1) is 9.61. The van der Waals surface area contributed by atoms with Gasteiger partial charge in [0.15, 0.2) is 0 Å². The molecule has 1 aromatic heterocycles. The Morgan fingerprint density at radius 3 is 2.60 bits per heavy atom. The van der Waals surface area contributed by atoms with Gasteiger partial charge in [-0.3, -0.25) is 10.1 Å². The van der Waals surface area contributed by atoms with Crippen molar-refractivity contribution < 1.29 is 4.92 Å². The van der Waals surface area contributed by atoms with Crippen LogP contribution in [-0.2, 0) is 13.0 Å². The topological polar surface area (TPSA) is 60.1 Å². The second-order valence-electron chi connectivity index (χ2n) is 4.81. The molecular weight excluding hydrogens is 254 g/mol. The number of nitro benzene ring substituents is 1. The molecule has 1 heterocycles. The fraction of sp³-hybridized carbons (Fsp3) is 0.333. The molecule has 5 nitrogen and oxygen atoms in total. The summed E-state index contributed by atoms with van der Waals surface area (Å²) in [6, 6.07) is 11.2. The third-order valence-electron chi connectivity index (χ3n) is 3.53. The van der Waals surface area contributed by atoms with E-state index in [1.807, 2.05) is 25.2 Å². The molecule has 0 fully saturated rings. The van der Waals surface area contributed by atoms with Gasteiger partial charge in [-0.15, -0.1) is 0 Å². The van der Waals surface area contributed by atoms with E-state index in [1.54, 1.807) is 12.1 Å². The maximum atomic E-state index is 10.6. The standard InChI is InChI=1S/C15H19N3O2/c1-12(16-2)15-4-3-10-17(15)11-9-13-5-7-14(8-6-13)18(19)20/h3-8,10,12,16H,9,11H2,1-2H3. The van der Waals surface area contributed by atoms with Crippen LogP contribution in [0.2, 0.25) is 0 Å². The van der Waals surface area contributed by atoms with Crippen molar-refractivity contribution >= 4 is 5.69 Å². The van der Waals surface area contributed by atoms with E-state index >= 15 is 0 Å². The van der Waals surface area contributed by atoms with Crippen LogP contribution in [0.4, 0.5) is 5.69 Å². The lowest BCUT2D eigenvalue weighted by Gasteiger charge is -2.14. The van der Waals surface area contributed by atoms with Gasteiger partial charge in [-0.2, -0.15) is 0 Å². The van der Waals surface area contributed by atoms with E-state index in [0.29, 0.717) is 6.04 Å². The molecule has 5 heteroatoms. The van der Waals surface area contributed by atoms with Gasteiger partial charge in [0.1, 0.15) is 0 Å². The van der Waals surface area contributed by atoms with Gasteiger partial charge in [0, 0.05) is 36.6 Å². The van der Waals surface area contributed by atoms with Gasteiger partial charge in [0.2, 0.25) is 0 Å². The molecule has 20 heavy (non-hydrogen) atoms. The summed E-state index contributed by atoms with van der Waals surface area (Å²) in [4.78, 5) is 10.2. The third-order valence-corrected chi connectivity index (χ3v) is 3.53. The number of nitrogens with zero attached hydrogens (tertiary/aromatic N) is 2. The van der Waals surface area contributed by atoms with Crippen LogP contribution in [0.1, 0.15) is 24.2 Å². The van der Waals surface area contributed by atoms with Crippen LogP contribution in [0.25, 0.3) is 0 Å². The zero-order valence-corrected chi connectivity index (χ0v) is 11.7. The average Bonchev–Trinajstić information content (AvgIpc) is 2.93. The van der Waals surface area contributed by atoms with E-state index in [0.717, 1.165) is 18.5 Å². The fourth-order valence-electron chi connectivity index (χ4n) is 2.21. The Balaban J connectivity index is 2.02. The second kappa shape index (κ2) is 6.34. The van der Waals surface area contributed by atoms with Crippen LogP contribution in [0.15, 0.2) is 42.6 Å². The summed E-state index contributed by atoms with van der Waals surface area (Å²) in [5.41, 5.74) is 2.49. The highest BCUT2D eigenvalue weighted by Crippen LogP contribution is 2.16. The Kier molecular flexibility index (Phi) is 4.53. The molecule has 2 aromatic rings. The number of aromatic nitrogens is 1. The minimum atomic E-state index is -0.373. The van der Waals surface area contributed by atoms with Crippen LogP contribution in [0.5, 0.6) is 0 Å². The predicted molar refractivity (Wildman–Crippen MR) is 78.7 cm³/mol. The molecule has 1 atom stereocenters. The van der Waals surface area contributed by atoms with E-state index in [-0.39, 0.29) is 10.6 Å². The van der Waals surface area contributed by atoms with E-state index in [2.05, 4.69) is 29.1 Å². The first-order valence-corrected chi connectivity index (χ1v) is 6.67. The minimum absolute atomic E-state index is 0.138. The monoisotopic (exact) mass is 273 g/mol. The summed E-state index contributed by atoms with van der Waals surface area (Å²) in [6.45, 7) is 2.99. The Hall–Kier alpha value is -2.14. The fourth-order valence-corrected chi connectivity index (χ4v) is 2.21. The molecule has 1 unspecified atom stereocenters. The molecule has 0 saturated heterocycles. The van der Waals surface area contributed by atoms with Crippen LogP contribution < -0.4 is 5.32 Å². The Morgan fingerprint density at radius 1 is 1.30 bits per heavy atom. The number of nitro groups is 1. The van der Waals surface area contributed by atoms with Gasteiger partial charge in [-0.25, -0.2) is 0 Å². The molecule has 1 N–H and O–H groups in total. The van der Waals surface area contributed by atoms with Gasteiger partial charge < -0.3 is 9.88 Å². The third kappa shape index (κ3) is 3.24. The molecule has 2 rings (SSSR count). The highest BCUT2D eigenvalue weighted by molar-refractivity contribution is 5.32. The normalized spacial score (nSPS) is 12.3. The number of benzene rings is 1. The maximum absolute atomic E-state index is 10.6. The van der Waals surface area contributed by atoms with E-state index in [4.69, 9.17) is 0 Å². The van der Waals surface area contributed by atoms with Crippen molar-refractivity contribution in [2.24, 2.45) is 0 Å². The Bertz CT molecular complexity index is 575. The molecule has 0 bridgehead atoms. The molecule has 0 aliphatic heterocycles. The highest BCUT2D eigenvalue weighted by atomic mass is 16.6. The van der Waals surface area contributed by atoms with Crippen molar-refractivity contribution in [1.29, 1.82) is 0 Å². The summed E-state index contributed by atoms with van der Waals surface area (Å²) in [6.07, 6.45) is 2.92. The molecule has 0 spiro atoms. The molecular formula is C15H19N3O2. The van der Waals surface area contributed by atoms with Crippen LogP contribution in [0.3, 0.4) is 0 Å². The molecule has 106 valence electrons. The summed E-state index contributed by atoms with van der Waals surface area (Å²) in [5, 5.41) is 13.8. The van der Waals surface area contributed by atoms with Gasteiger partial charge >= 0.3 is 0 Å². The molecule has 1 aromatic carbocycles. The van der Waals surface area contributed by atoms with Crippen molar-refractivity contribution in [2.45, 2.75) is 25.9 Å². The number of hydrogen-bond acceptors (Lipinski definition) is 3. The number of nitrogens with one attached hydrogen (secondary N) is 1. The minimum Gasteiger partial charge on any atom is -0.350 e. The van der Waals surface area contributed by atoms with Crippen molar-refractivity contribution in [2.75, 3.05) is 7.05 Å². The number of aryl methyl sites for hydroxylation is 2. The van der Waals surface area contributed by atoms with E-state index < -0.39 is 0 Å². The molecule has 0 aliphatic carbocycles. The summed E-state index contributed by atoms with van der Waals surface area (Å²) in [7, 11) is 1.94. The molecule has 0 aliphatic rings. The number of hydrogen-bond donors (Lipinski definition) is 1. The molecule has 0 saturated carbocycles. The largest absolute Gasteiger partial charge is 0.350 e. The van der Waals surface area contributed by atoms with Gasteiger partial charge in [0.05, 0.1) is 4.92 Å². The van der Waals surface area contributed by atoms with Gasteiger partial charge in [-0.05, 0) is 38.1 Å². The maximum Gasteiger partial charge on any atom is 0.269 e. The predicted octanol–water partition coefficient (Wildman–Crippen LogP) is 2.92. The first kappa shape index (κ1) is 14.3. The number of rotatable bonds is 6. The SMILES string of the molecule is CNC(C)c1cccn1CCc1ccc([N+](=O)[O-])cc1. The highest BCUT2D eigenvalue weighted by Gasteiger charge is 2.08. The number of non-ortho nitro benzene ring substituents is 1. The lowest BCUT2D eigenvalue weighted by atomic mass is 10.1. The van der Waals surface area contributed by atoms with Gasteiger partial charge in [0.25, 0.3) is 5.69 Å². The molecule has 0 amide bonds. The van der Waals surface area contributed by atoms with Crippen LogP contribution >= 0.6 is 0 Å². The Labute approximate surface area is 118 Å². The van der Waals surface area contributed by atoms with Crippen molar-refractivity contribution in [3.63, 3.8) is 0 Å². The van der Waals surface area contributed by atoms with E-state index in [1.165, 1.54) is 5.69 Å². The van der Waals surface area contributed by atoms with Crippen molar-refractivity contribution in [1.82, 2.24) is 9.88 Å². The zero-order chi connectivity index (χ0) is 14.5.